The van der Waals surface area contributed by atoms with Crippen LogP contribution in [0.2, 0.25) is 0 Å². The maximum Gasteiger partial charge on any atom is 0.126 e. The molecule has 3 nitrogen and oxygen atoms in total. The fourth-order valence-electron chi connectivity index (χ4n) is 1.78. The number of pyridine rings is 1. The first-order valence-electron chi connectivity index (χ1n) is 5.80. The van der Waals surface area contributed by atoms with Gasteiger partial charge in [0.25, 0.3) is 0 Å². The van der Waals surface area contributed by atoms with Crippen molar-refractivity contribution in [3.8, 4) is 0 Å². The van der Waals surface area contributed by atoms with Crippen LogP contribution in [0.25, 0.3) is 0 Å². The Hall–Kier alpha value is -1.81. The Balaban J connectivity index is 1.77. The fourth-order valence-corrected chi connectivity index (χ4v) is 2.77. The molecule has 1 N–H and O–H groups in total. The average Bonchev–Trinajstić information content (AvgIpc) is 2.90. The monoisotopic (exact) mass is 255 g/mol. The van der Waals surface area contributed by atoms with Gasteiger partial charge in [-0.15, -0.1) is 0 Å². The molecule has 1 aliphatic heterocycles. The average molecular weight is 255 g/mol. The molecule has 1 atom stereocenters. The number of hydrogen-bond acceptors (Lipinski definition) is 4. The molecule has 2 aromatic rings. The van der Waals surface area contributed by atoms with E-state index >= 15 is 0 Å². The number of rotatable bonds is 2. The Morgan fingerprint density at radius 2 is 2.00 bits per heavy atom. The number of hydrazone groups is 1. The molecule has 0 radical (unpaired) electrons. The zero-order chi connectivity index (χ0) is 12.4. The van der Waals surface area contributed by atoms with E-state index in [2.05, 4.69) is 52.8 Å². The molecule has 90 valence electrons. The van der Waals surface area contributed by atoms with Crippen molar-refractivity contribution >= 4 is 16.8 Å². The minimum Gasteiger partial charge on any atom is -0.291 e. The molecule has 2 heterocycles. The van der Waals surface area contributed by atoms with Crippen molar-refractivity contribution in [3.05, 3.63) is 65.5 Å². The van der Waals surface area contributed by atoms with E-state index in [1.54, 1.807) is 18.0 Å². The van der Waals surface area contributed by atoms with Crippen LogP contribution in [0.4, 0.5) is 0 Å². The van der Waals surface area contributed by atoms with E-state index in [4.69, 9.17) is 0 Å². The van der Waals surface area contributed by atoms with Gasteiger partial charge in [0.2, 0.25) is 0 Å². The Bertz CT molecular complexity index is 563. The quantitative estimate of drug-likeness (QED) is 0.896. The van der Waals surface area contributed by atoms with Crippen LogP contribution in [0.15, 0.2) is 53.9 Å². The predicted octanol–water partition coefficient (Wildman–Crippen LogP) is 3.09. The van der Waals surface area contributed by atoms with Crippen LogP contribution in [0.1, 0.15) is 22.1 Å². The van der Waals surface area contributed by atoms with Crippen molar-refractivity contribution in [2.45, 2.75) is 12.3 Å². The smallest absolute Gasteiger partial charge is 0.126 e. The summed E-state index contributed by atoms with van der Waals surface area (Å²) >= 11 is 1.72. The van der Waals surface area contributed by atoms with Gasteiger partial charge in [0.1, 0.15) is 10.4 Å². The van der Waals surface area contributed by atoms with Gasteiger partial charge in [-0.2, -0.15) is 5.10 Å². The molecule has 0 spiro atoms. The van der Waals surface area contributed by atoms with Gasteiger partial charge in [0, 0.05) is 23.5 Å². The first-order valence-corrected chi connectivity index (χ1v) is 6.68. The first kappa shape index (κ1) is 11.3. The third-order valence-corrected chi connectivity index (χ3v) is 3.96. The fraction of sp³-hybridized carbons (Fsp3) is 0.143. The molecule has 0 fully saturated rings. The Morgan fingerprint density at radius 3 is 2.72 bits per heavy atom. The lowest BCUT2D eigenvalue weighted by Crippen LogP contribution is -2.06. The minimum absolute atomic E-state index is 0.162. The van der Waals surface area contributed by atoms with Crippen molar-refractivity contribution < 1.29 is 0 Å². The molecule has 0 amide bonds. The molecule has 0 saturated heterocycles. The van der Waals surface area contributed by atoms with Gasteiger partial charge in [-0.25, -0.2) is 0 Å². The van der Waals surface area contributed by atoms with Gasteiger partial charge in [-0.05, 0) is 13.0 Å². The van der Waals surface area contributed by atoms with E-state index in [9.17, 15) is 0 Å². The molecular formula is C14H13N3S. The van der Waals surface area contributed by atoms with Gasteiger partial charge in [-0.1, -0.05) is 47.7 Å². The minimum atomic E-state index is 0.162. The lowest BCUT2D eigenvalue weighted by molar-refractivity contribution is 0.741. The standard InChI is InChI=1S/C14H13N3S/c1-10-4-6-11(7-5-10)13-16-17-14(18-13)12-3-2-8-15-9-12/h2-9,14,17H,1H3. The Labute approximate surface area is 110 Å². The lowest BCUT2D eigenvalue weighted by Gasteiger charge is -2.08. The summed E-state index contributed by atoms with van der Waals surface area (Å²) in [5.41, 5.74) is 6.71. The van der Waals surface area contributed by atoms with Crippen LogP contribution in [-0.2, 0) is 0 Å². The van der Waals surface area contributed by atoms with Crippen molar-refractivity contribution in [2.24, 2.45) is 5.10 Å². The summed E-state index contributed by atoms with van der Waals surface area (Å²) in [6.45, 7) is 2.09. The lowest BCUT2D eigenvalue weighted by atomic mass is 10.2. The first-order chi connectivity index (χ1) is 8.83. The summed E-state index contributed by atoms with van der Waals surface area (Å²) in [6.07, 6.45) is 3.66. The third-order valence-electron chi connectivity index (χ3n) is 2.80. The van der Waals surface area contributed by atoms with Crippen molar-refractivity contribution in [1.29, 1.82) is 0 Å². The molecule has 1 aliphatic rings. The van der Waals surface area contributed by atoms with Crippen molar-refractivity contribution in [1.82, 2.24) is 10.4 Å². The zero-order valence-corrected chi connectivity index (χ0v) is 10.8. The van der Waals surface area contributed by atoms with Gasteiger partial charge < -0.3 is 0 Å². The van der Waals surface area contributed by atoms with Crippen molar-refractivity contribution in [2.75, 3.05) is 0 Å². The maximum absolute atomic E-state index is 4.40. The molecule has 0 saturated carbocycles. The number of nitrogens with zero attached hydrogens (tertiary/aromatic N) is 2. The molecule has 3 rings (SSSR count). The summed E-state index contributed by atoms with van der Waals surface area (Å²) in [6, 6.07) is 12.4. The number of hydrogen-bond donors (Lipinski definition) is 1. The number of aromatic nitrogens is 1. The van der Waals surface area contributed by atoms with Crippen LogP contribution < -0.4 is 5.43 Å². The number of benzene rings is 1. The summed E-state index contributed by atoms with van der Waals surface area (Å²) in [4.78, 5) is 4.13. The zero-order valence-electron chi connectivity index (χ0n) is 10.00. The van der Waals surface area contributed by atoms with Crippen LogP contribution in [0.3, 0.4) is 0 Å². The molecule has 1 aromatic carbocycles. The highest BCUT2D eigenvalue weighted by atomic mass is 32.2. The van der Waals surface area contributed by atoms with Crippen molar-refractivity contribution in [3.63, 3.8) is 0 Å². The number of thioether (sulfide) groups is 1. The van der Waals surface area contributed by atoms with Crippen LogP contribution >= 0.6 is 11.8 Å². The highest BCUT2D eigenvalue weighted by Gasteiger charge is 2.21. The summed E-state index contributed by atoms with van der Waals surface area (Å²) < 4.78 is 0. The molecule has 18 heavy (non-hydrogen) atoms. The molecule has 1 unspecified atom stereocenters. The molecular weight excluding hydrogens is 242 g/mol. The van der Waals surface area contributed by atoms with Gasteiger partial charge in [0.05, 0.1) is 0 Å². The SMILES string of the molecule is Cc1ccc(C2=NNC(c3cccnc3)S2)cc1. The van der Waals surface area contributed by atoms with E-state index in [1.807, 2.05) is 12.3 Å². The second kappa shape index (κ2) is 4.82. The van der Waals surface area contributed by atoms with Crippen LogP contribution in [0.5, 0.6) is 0 Å². The van der Waals surface area contributed by atoms with Gasteiger partial charge in [0.15, 0.2) is 0 Å². The normalized spacial score (nSPS) is 18.3. The summed E-state index contributed by atoms with van der Waals surface area (Å²) in [7, 11) is 0. The number of nitrogens with one attached hydrogen (secondary N) is 1. The highest BCUT2D eigenvalue weighted by molar-refractivity contribution is 8.14. The predicted molar refractivity (Wildman–Crippen MR) is 75.4 cm³/mol. The van der Waals surface area contributed by atoms with E-state index in [0.717, 1.165) is 16.2 Å². The summed E-state index contributed by atoms with van der Waals surface area (Å²) in [5, 5.41) is 5.59. The largest absolute Gasteiger partial charge is 0.291 e. The van der Waals surface area contributed by atoms with Crippen LogP contribution in [0, 0.1) is 6.92 Å². The third kappa shape index (κ3) is 2.24. The van der Waals surface area contributed by atoms with E-state index in [0.29, 0.717) is 0 Å². The summed E-state index contributed by atoms with van der Waals surface area (Å²) in [5.74, 6) is 0. The number of aryl methyl sites for hydroxylation is 1. The molecule has 1 aromatic heterocycles. The van der Waals surface area contributed by atoms with E-state index < -0.39 is 0 Å². The van der Waals surface area contributed by atoms with Gasteiger partial charge >= 0.3 is 0 Å². The highest BCUT2D eigenvalue weighted by Crippen LogP contribution is 2.33. The molecule has 4 heteroatoms. The Kier molecular flexibility index (Phi) is 3.02. The van der Waals surface area contributed by atoms with Gasteiger partial charge in [-0.3, -0.25) is 10.4 Å². The van der Waals surface area contributed by atoms with E-state index in [1.165, 1.54) is 5.56 Å². The molecule has 0 aliphatic carbocycles. The topological polar surface area (TPSA) is 37.3 Å². The van der Waals surface area contributed by atoms with E-state index in [-0.39, 0.29) is 5.37 Å². The van der Waals surface area contributed by atoms with Crippen LogP contribution in [-0.4, -0.2) is 10.0 Å². The maximum atomic E-state index is 4.40. The molecule has 0 bridgehead atoms. The Morgan fingerprint density at radius 1 is 1.17 bits per heavy atom. The second-order valence-corrected chi connectivity index (χ2v) is 5.29. The second-order valence-electron chi connectivity index (χ2n) is 4.20.